The van der Waals surface area contributed by atoms with Gasteiger partial charge in [0.2, 0.25) is 0 Å². The van der Waals surface area contributed by atoms with E-state index in [4.69, 9.17) is 9.47 Å². The molecule has 0 saturated carbocycles. The highest BCUT2D eigenvalue weighted by Gasteiger charge is 2.10. The van der Waals surface area contributed by atoms with Crippen LogP contribution in [0.1, 0.15) is 17.4 Å². The fraction of sp³-hybridized carbons (Fsp3) is 0.120. The summed E-state index contributed by atoms with van der Waals surface area (Å²) in [6, 6.07) is 26.9. The zero-order valence-corrected chi connectivity index (χ0v) is 17.2. The topological polar surface area (TPSA) is 65.4 Å². The second-order valence-corrected chi connectivity index (χ2v) is 6.82. The van der Waals surface area contributed by atoms with E-state index >= 15 is 0 Å². The average Bonchev–Trinajstić information content (AvgIpc) is 3.29. The third-order valence-corrected chi connectivity index (χ3v) is 4.62. The summed E-state index contributed by atoms with van der Waals surface area (Å²) in [6.45, 7) is 2.74. The van der Waals surface area contributed by atoms with Gasteiger partial charge in [0.25, 0.3) is 5.91 Å². The molecule has 31 heavy (non-hydrogen) atoms. The van der Waals surface area contributed by atoms with E-state index in [1.807, 2.05) is 61.5 Å². The molecule has 0 unspecified atom stereocenters. The van der Waals surface area contributed by atoms with Gasteiger partial charge in [-0.15, -0.1) is 0 Å². The van der Waals surface area contributed by atoms with Crippen molar-refractivity contribution in [1.29, 1.82) is 0 Å². The van der Waals surface area contributed by atoms with E-state index in [0.29, 0.717) is 18.0 Å². The lowest BCUT2D eigenvalue weighted by Crippen LogP contribution is -2.14. The summed E-state index contributed by atoms with van der Waals surface area (Å²) in [7, 11) is 0. The van der Waals surface area contributed by atoms with Crippen LogP contribution in [0.4, 0.5) is 5.69 Å². The normalized spacial score (nSPS) is 10.5. The molecule has 0 bridgehead atoms. The zero-order chi connectivity index (χ0) is 21.5. The van der Waals surface area contributed by atoms with Crippen LogP contribution >= 0.6 is 0 Å². The minimum absolute atomic E-state index is 0.209. The summed E-state index contributed by atoms with van der Waals surface area (Å²) < 4.78 is 12.8. The lowest BCUT2D eigenvalue weighted by molar-refractivity contribution is 0.102. The number of anilines is 1. The molecule has 0 aliphatic carbocycles. The highest BCUT2D eigenvalue weighted by Crippen LogP contribution is 2.22. The van der Waals surface area contributed by atoms with Crippen LogP contribution < -0.4 is 14.8 Å². The fourth-order valence-corrected chi connectivity index (χ4v) is 3.07. The Kier molecular flexibility index (Phi) is 6.28. The molecule has 3 aromatic carbocycles. The molecule has 1 N–H and O–H groups in total. The monoisotopic (exact) mass is 413 g/mol. The number of nitrogens with one attached hydrogen (secondary N) is 1. The van der Waals surface area contributed by atoms with Crippen molar-refractivity contribution >= 4 is 11.6 Å². The molecule has 0 radical (unpaired) electrons. The maximum Gasteiger partial charge on any atom is 0.276 e. The highest BCUT2D eigenvalue weighted by atomic mass is 16.5. The van der Waals surface area contributed by atoms with Gasteiger partial charge >= 0.3 is 0 Å². The molecule has 1 amide bonds. The Bertz CT molecular complexity index is 1120. The molecule has 0 aliphatic heterocycles. The Labute approximate surface area is 181 Å². The molecule has 6 heteroatoms. The predicted molar refractivity (Wildman–Crippen MR) is 120 cm³/mol. The van der Waals surface area contributed by atoms with Crippen molar-refractivity contribution in [3.63, 3.8) is 0 Å². The maximum atomic E-state index is 12.4. The molecular weight excluding hydrogens is 390 g/mol. The van der Waals surface area contributed by atoms with E-state index in [-0.39, 0.29) is 12.6 Å². The van der Waals surface area contributed by atoms with Crippen LogP contribution in [-0.2, 0) is 6.73 Å². The third-order valence-electron chi connectivity index (χ3n) is 4.62. The van der Waals surface area contributed by atoms with Gasteiger partial charge in [-0.25, -0.2) is 4.68 Å². The number of benzene rings is 3. The quantitative estimate of drug-likeness (QED) is 0.429. The summed E-state index contributed by atoms with van der Waals surface area (Å²) in [5.74, 6) is 1.21. The third kappa shape index (κ3) is 5.30. The Morgan fingerprint density at radius 2 is 1.48 bits per heavy atom. The number of nitrogens with zero attached hydrogens (tertiary/aromatic N) is 2. The van der Waals surface area contributed by atoms with Crippen LogP contribution in [0.5, 0.6) is 11.5 Å². The van der Waals surface area contributed by atoms with E-state index in [9.17, 15) is 4.79 Å². The number of hydrogen-bond acceptors (Lipinski definition) is 4. The molecule has 4 rings (SSSR count). The molecular formula is C25H23N3O3. The van der Waals surface area contributed by atoms with Crippen molar-refractivity contribution < 1.29 is 14.3 Å². The van der Waals surface area contributed by atoms with E-state index in [2.05, 4.69) is 22.5 Å². The first-order valence-corrected chi connectivity index (χ1v) is 10.1. The lowest BCUT2D eigenvalue weighted by Gasteiger charge is -2.08. The van der Waals surface area contributed by atoms with Crippen LogP contribution in [0, 0.1) is 0 Å². The first-order valence-electron chi connectivity index (χ1n) is 10.1. The second kappa shape index (κ2) is 9.63. The number of hydrogen-bond donors (Lipinski definition) is 1. The first-order chi connectivity index (χ1) is 15.2. The number of carbonyl (C=O) groups is 1. The van der Waals surface area contributed by atoms with Crippen molar-refractivity contribution in [3.05, 3.63) is 96.8 Å². The molecule has 1 aromatic heterocycles. The van der Waals surface area contributed by atoms with Crippen LogP contribution in [0.25, 0.3) is 11.1 Å². The minimum Gasteiger partial charge on any atom is -0.494 e. The predicted octanol–water partition coefficient (Wildman–Crippen LogP) is 5.24. The summed E-state index contributed by atoms with van der Waals surface area (Å²) in [5.41, 5.74) is 3.28. The summed E-state index contributed by atoms with van der Waals surface area (Å²) in [4.78, 5) is 12.4. The van der Waals surface area contributed by atoms with Gasteiger partial charge in [-0.3, -0.25) is 4.79 Å². The van der Waals surface area contributed by atoms with Gasteiger partial charge in [0.1, 0.15) is 11.5 Å². The van der Waals surface area contributed by atoms with Crippen LogP contribution in [0.2, 0.25) is 0 Å². The van der Waals surface area contributed by atoms with Crippen LogP contribution in [-0.4, -0.2) is 22.3 Å². The largest absolute Gasteiger partial charge is 0.494 e. The van der Waals surface area contributed by atoms with Gasteiger partial charge in [-0.1, -0.05) is 42.5 Å². The van der Waals surface area contributed by atoms with Crippen molar-refractivity contribution in [2.75, 3.05) is 11.9 Å². The minimum atomic E-state index is -0.282. The Morgan fingerprint density at radius 1 is 0.839 bits per heavy atom. The fourth-order valence-electron chi connectivity index (χ4n) is 3.07. The molecule has 0 saturated heterocycles. The molecule has 0 spiro atoms. The van der Waals surface area contributed by atoms with Crippen LogP contribution in [0.15, 0.2) is 91.1 Å². The number of amides is 1. The molecule has 6 nitrogen and oxygen atoms in total. The Morgan fingerprint density at radius 3 is 2.19 bits per heavy atom. The molecule has 4 aromatic rings. The molecule has 1 heterocycles. The van der Waals surface area contributed by atoms with Gasteiger partial charge in [0, 0.05) is 11.9 Å². The standard InChI is InChI=1S/C25H23N3O3/c1-2-30-22-14-10-21(11-15-22)26-25(29)24-16-17-28(27-24)18-31-23-12-8-20(9-13-23)19-6-4-3-5-7-19/h3-17H,2,18H2,1H3,(H,26,29). The summed E-state index contributed by atoms with van der Waals surface area (Å²) >= 11 is 0. The van der Waals surface area contributed by atoms with Gasteiger partial charge in [0.05, 0.1) is 6.61 Å². The number of rotatable bonds is 8. The van der Waals surface area contributed by atoms with Crippen molar-refractivity contribution in [1.82, 2.24) is 9.78 Å². The number of ether oxygens (including phenoxy) is 2. The van der Waals surface area contributed by atoms with Gasteiger partial charge in [0.15, 0.2) is 12.4 Å². The van der Waals surface area contributed by atoms with Gasteiger partial charge in [-0.05, 0) is 60.5 Å². The smallest absolute Gasteiger partial charge is 0.276 e. The van der Waals surface area contributed by atoms with E-state index < -0.39 is 0 Å². The first kappa shape index (κ1) is 20.2. The summed E-state index contributed by atoms with van der Waals surface area (Å²) in [5, 5.41) is 7.11. The van der Waals surface area contributed by atoms with Crippen LogP contribution in [0.3, 0.4) is 0 Å². The van der Waals surface area contributed by atoms with Crippen molar-refractivity contribution in [2.24, 2.45) is 0 Å². The molecule has 0 atom stereocenters. The second-order valence-electron chi connectivity index (χ2n) is 6.82. The average molecular weight is 413 g/mol. The Hall–Kier alpha value is -4.06. The molecule has 0 aliphatic rings. The number of aromatic nitrogens is 2. The number of carbonyl (C=O) groups excluding carboxylic acids is 1. The van der Waals surface area contributed by atoms with Gasteiger partial charge in [-0.2, -0.15) is 5.10 Å². The van der Waals surface area contributed by atoms with E-state index in [0.717, 1.165) is 22.6 Å². The van der Waals surface area contributed by atoms with Gasteiger partial charge < -0.3 is 14.8 Å². The van der Waals surface area contributed by atoms with E-state index in [1.54, 1.807) is 29.1 Å². The highest BCUT2D eigenvalue weighted by molar-refractivity contribution is 6.02. The lowest BCUT2D eigenvalue weighted by atomic mass is 10.1. The zero-order valence-electron chi connectivity index (χ0n) is 17.2. The van der Waals surface area contributed by atoms with Crippen molar-refractivity contribution in [3.8, 4) is 22.6 Å². The molecule has 0 fully saturated rings. The Balaban J connectivity index is 1.32. The SMILES string of the molecule is CCOc1ccc(NC(=O)c2ccn(COc3ccc(-c4ccccc4)cc3)n2)cc1. The molecule has 156 valence electrons. The maximum absolute atomic E-state index is 12.4. The van der Waals surface area contributed by atoms with E-state index in [1.165, 1.54) is 0 Å². The summed E-state index contributed by atoms with van der Waals surface area (Å²) in [6.07, 6.45) is 1.71. The van der Waals surface area contributed by atoms with Crippen molar-refractivity contribution in [2.45, 2.75) is 13.7 Å².